The quantitative estimate of drug-likeness (QED) is 0.726. The molecular weight excluding hydrogens is 194 g/mol. The van der Waals surface area contributed by atoms with E-state index in [0.29, 0.717) is 6.61 Å². The van der Waals surface area contributed by atoms with E-state index in [0.717, 1.165) is 19.5 Å². The molecule has 1 heterocycles. The summed E-state index contributed by atoms with van der Waals surface area (Å²) in [5, 5.41) is 8.98. The largest absolute Gasteiger partial charge is 0.481 e. The number of hydrogen-bond donors (Lipinski definition) is 1. The number of carbonyl (C=O) groups is 1. The minimum absolute atomic E-state index is 0.178. The molecule has 4 heteroatoms. The second kappa shape index (κ2) is 5.47. The van der Waals surface area contributed by atoms with Gasteiger partial charge >= 0.3 is 5.97 Å². The third-order valence-electron chi connectivity index (χ3n) is 3.33. The second-order valence-corrected chi connectivity index (χ2v) is 4.28. The summed E-state index contributed by atoms with van der Waals surface area (Å²) in [6.07, 6.45) is 3.35. The molecule has 0 amide bonds. The van der Waals surface area contributed by atoms with Crippen molar-refractivity contribution in [3.8, 4) is 0 Å². The minimum Gasteiger partial charge on any atom is -0.481 e. The number of hydrogen-bond acceptors (Lipinski definition) is 3. The molecule has 1 unspecified atom stereocenters. The fourth-order valence-electron chi connectivity index (χ4n) is 2.45. The van der Waals surface area contributed by atoms with E-state index in [2.05, 4.69) is 4.90 Å². The van der Waals surface area contributed by atoms with Crippen molar-refractivity contribution < 1.29 is 14.6 Å². The third kappa shape index (κ3) is 2.92. The van der Waals surface area contributed by atoms with Crippen LogP contribution in [0.1, 0.15) is 32.6 Å². The highest BCUT2D eigenvalue weighted by Crippen LogP contribution is 2.28. The Balaban J connectivity index is 2.75. The van der Waals surface area contributed by atoms with E-state index >= 15 is 0 Å². The van der Waals surface area contributed by atoms with Crippen LogP contribution < -0.4 is 0 Å². The van der Waals surface area contributed by atoms with Gasteiger partial charge in [-0.25, -0.2) is 0 Å². The van der Waals surface area contributed by atoms with Crippen molar-refractivity contribution in [1.29, 1.82) is 0 Å². The Bertz CT molecular complexity index is 214. The van der Waals surface area contributed by atoms with Crippen LogP contribution in [0.2, 0.25) is 0 Å². The molecule has 1 saturated heterocycles. The number of likely N-dealkylation sites (tertiary alicyclic amines) is 1. The number of methoxy groups -OCH3 is 1. The molecule has 0 aromatic rings. The van der Waals surface area contributed by atoms with Crippen molar-refractivity contribution in [3.63, 3.8) is 0 Å². The van der Waals surface area contributed by atoms with Crippen molar-refractivity contribution in [2.24, 2.45) is 0 Å². The molecular formula is C11H21NO3. The Morgan fingerprint density at radius 3 is 2.47 bits per heavy atom. The number of aliphatic carboxylic acids is 1. The van der Waals surface area contributed by atoms with E-state index in [4.69, 9.17) is 9.84 Å². The monoisotopic (exact) mass is 215 g/mol. The summed E-state index contributed by atoms with van der Waals surface area (Å²) in [6, 6.07) is 0. The lowest BCUT2D eigenvalue weighted by atomic mass is 9.91. The molecule has 0 radical (unpaired) electrons. The van der Waals surface area contributed by atoms with Crippen LogP contribution in [0.15, 0.2) is 0 Å². The van der Waals surface area contributed by atoms with Crippen molar-refractivity contribution in [2.45, 2.75) is 38.1 Å². The third-order valence-corrected chi connectivity index (χ3v) is 3.33. The van der Waals surface area contributed by atoms with Crippen molar-refractivity contribution in [2.75, 3.05) is 26.8 Å². The van der Waals surface area contributed by atoms with Gasteiger partial charge in [0, 0.05) is 7.11 Å². The second-order valence-electron chi connectivity index (χ2n) is 4.28. The van der Waals surface area contributed by atoms with Crippen LogP contribution in [0, 0.1) is 0 Å². The lowest BCUT2D eigenvalue weighted by Gasteiger charge is -2.39. The molecule has 1 fully saturated rings. The molecule has 1 atom stereocenters. The lowest BCUT2D eigenvalue weighted by Crippen LogP contribution is -2.51. The van der Waals surface area contributed by atoms with Crippen LogP contribution in [0.5, 0.6) is 0 Å². The standard InChI is InChI=1S/C11H21NO3/c1-3-11(9-15-2,8-10(13)14)12-6-4-5-7-12/h3-9H2,1-2H3,(H,13,14). The first-order valence-electron chi connectivity index (χ1n) is 5.60. The summed E-state index contributed by atoms with van der Waals surface area (Å²) >= 11 is 0. The maximum absolute atomic E-state index is 10.9. The highest BCUT2D eigenvalue weighted by molar-refractivity contribution is 5.68. The molecule has 1 rings (SSSR count). The van der Waals surface area contributed by atoms with E-state index in [1.165, 1.54) is 12.8 Å². The van der Waals surface area contributed by atoms with E-state index in [9.17, 15) is 4.79 Å². The van der Waals surface area contributed by atoms with Gasteiger partial charge in [0.2, 0.25) is 0 Å². The summed E-state index contributed by atoms with van der Waals surface area (Å²) in [7, 11) is 1.64. The molecule has 0 spiro atoms. The van der Waals surface area contributed by atoms with Gasteiger partial charge in [-0.3, -0.25) is 9.69 Å². The topological polar surface area (TPSA) is 49.8 Å². The summed E-state index contributed by atoms with van der Waals surface area (Å²) < 4.78 is 5.21. The molecule has 0 saturated carbocycles. The molecule has 4 nitrogen and oxygen atoms in total. The minimum atomic E-state index is -0.735. The molecule has 1 aliphatic rings. The Morgan fingerprint density at radius 1 is 1.47 bits per heavy atom. The van der Waals surface area contributed by atoms with Gasteiger partial charge in [-0.15, -0.1) is 0 Å². The van der Waals surface area contributed by atoms with Gasteiger partial charge in [-0.05, 0) is 32.4 Å². The number of rotatable bonds is 6. The average Bonchev–Trinajstić information content (AvgIpc) is 2.69. The fraction of sp³-hybridized carbons (Fsp3) is 0.909. The molecule has 0 aromatic heterocycles. The van der Waals surface area contributed by atoms with E-state index in [-0.39, 0.29) is 12.0 Å². The zero-order chi connectivity index (χ0) is 11.3. The van der Waals surface area contributed by atoms with Gasteiger partial charge in [-0.1, -0.05) is 6.92 Å². The molecule has 1 aliphatic heterocycles. The molecule has 0 aromatic carbocycles. The Kier molecular flexibility index (Phi) is 4.54. The maximum atomic E-state index is 10.9. The van der Waals surface area contributed by atoms with E-state index < -0.39 is 5.97 Å². The SMILES string of the molecule is CCC(COC)(CC(=O)O)N1CCCC1. The summed E-state index contributed by atoms with van der Waals surface area (Å²) in [4.78, 5) is 13.2. The van der Waals surface area contributed by atoms with Crippen LogP contribution in [0.3, 0.4) is 0 Å². The first-order valence-corrected chi connectivity index (χ1v) is 5.60. The zero-order valence-electron chi connectivity index (χ0n) is 9.66. The van der Waals surface area contributed by atoms with E-state index in [1.807, 2.05) is 6.92 Å². The summed E-state index contributed by atoms with van der Waals surface area (Å²) in [6.45, 7) is 4.56. The normalized spacial score (nSPS) is 21.5. The first-order chi connectivity index (χ1) is 7.14. The fourth-order valence-corrected chi connectivity index (χ4v) is 2.45. The zero-order valence-corrected chi connectivity index (χ0v) is 9.66. The molecule has 1 N–H and O–H groups in total. The van der Waals surface area contributed by atoms with Gasteiger partial charge in [0.25, 0.3) is 0 Å². The van der Waals surface area contributed by atoms with Gasteiger partial charge in [0.1, 0.15) is 0 Å². The highest BCUT2D eigenvalue weighted by Gasteiger charge is 2.38. The van der Waals surface area contributed by atoms with Crippen LogP contribution >= 0.6 is 0 Å². The number of nitrogens with zero attached hydrogens (tertiary/aromatic N) is 1. The summed E-state index contributed by atoms with van der Waals surface area (Å²) in [5.74, 6) is -0.735. The lowest BCUT2D eigenvalue weighted by molar-refractivity contribution is -0.141. The van der Waals surface area contributed by atoms with Gasteiger partial charge < -0.3 is 9.84 Å². The van der Waals surface area contributed by atoms with Crippen LogP contribution in [-0.4, -0.2) is 48.3 Å². The van der Waals surface area contributed by atoms with E-state index in [1.54, 1.807) is 7.11 Å². The predicted molar refractivity (Wildman–Crippen MR) is 58.0 cm³/mol. The van der Waals surface area contributed by atoms with Crippen molar-refractivity contribution >= 4 is 5.97 Å². The molecule has 15 heavy (non-hydrogen) atoms. The smallest absolute Gasteiger partial charge is 0.305 e. The number of carboxylic acid groups (broad SMARTS) is 1. The van der Waals surface area contributed by atoms with Crippen molar-refractivity contribution in [1.82, 2.24) is 4.90 Å². The predicted octanol–water partition coefficient (Wildman–Crippen LogP) is 1.35. The average molecular weight is 215 g/mol. The Hall–Kier alpha value is -0.610. The van der Waals surface area contributed by atoms with Crippen LogP contribution in [0.4, 0.5) is 0 Å². The van der Waals surface area contributed by atoms with Crippen molar-refractivity contribution in [3.05, 3.63) is 0 Å². The van der Waals surface area contributed by atoms with Crippen LogP contribution in [0.25, 0.3) is 0 Å². The molecule has 0 aliphatic carbocycles. The van der Waals surface area contributed by atoms with Gasteiger partial charge in [0.15, 0.2) is 0 Å². The first kappa shape index (κ1) is 12.5. The highest BCUT2D eigenvalue weighted by atomic mass is 16.5. The Morgan fingerprint density at radius 2 is 2.07 bits per heavy atom. The molecule has 88 valence electrons. The van der Waals surface area contributed by atoms with Gasteiger partial charge in [0.05, 0.1) is 18.6 Å². The van der Waals surface area contributed by atoms with Crippen LogP contribution in [-0.2, 0) is 9.53 Å². The molecule has 0 bridgehead atoms. The maximum Gasteiger partial charge on any atom is 0.305 e. The van der Waals surface area contributed by atoms with Gasteiger partial charge in [-0.2, -0.15) is 0 Å². The Labute approximate surface area is 91.2 Å². The number of ether oxygens (including phenoxy) is 1. The number of carboxylic acids is 1. The summed E-state index contributed by atoms with van der Waals surface area (Å²) in [5.41, 5.74) is -0.295.